The highest BCUT2D eigenvalue weighted by Crippen LogP contribution is 2.39. The van der Waals surface area contributed by atoms with Crippen LogP contribution in [-0.4, -0.2) is 60.9 Å². The van der Waals surface area contributed by atoms with Crippen molar-refractivity contribution in [2.75, 3.05) is 44.3 Å². The van der Waals surface area contributed by atoms with Crippen molar-refractivity contribution < 1.29 is 19.4 Å². The first kappa shape index (κ1) is 15.1. The third kappa shape index (κ3) is 2.89. The van der Waals surface area contributed by atoms with Crippen LogP contribution in [0.1, 0.15) is 13.8 Å². The van der Waals surface area contributed by atoms with Crippen molar-refractivity contribution in [3.05, 3.63) is 18.2 Å². The summed E-state index contributed by atoms with van der Waals surface area (Å²) in [5.41, 5.74) is -0.257. The molecule has 0 atom stereocenters. The Balaban J connectivity index is 1.81. The van der Waals surface area contributed by atoms with Gasteiger partial charge in [0.2, 0.25) is 0 Å². The molecule has 2 aliphatic rings. The van der Waals surface area contributed by atoms with Gasteiger partial charge in [-0.2, -0.15) is 0 Å². The van der Waals surface area contributed by atoms with Gasteiger partial charge >= 0.3 is 0 Å². The Labute approximate surface area is 130 Å². The fourth-order valence-electron chi connectivity index (χ4n) is 2.84. The quantitative estimate of drug-likeness (QED) is 0.910. The molecule has 1 amide bonds. The number of hydrogen-bond donors (Lipinski definition) is 1. The molecule has 0 saturated carbocycles. The topological polar surface area (TPSA) is 62.2 Å². The molecule has 1 fully saturated rings. The van der Waals surface area contributed by atoms with Crippen LogP contribution in [0.5, 0.6) is 11.5 Å². The van der Waals surface area contributed by atoms with E-state index >= 15 is 0 Å². The Morgan fingerprint density at radius 1 is 1.23 bits per heavy atom. The van der Waals surface area contributed by atoms with E-state index in [-0.39, 0.29) is 11.7 Å². The predicted molar refractivity (Wildman–Crippen MR) is 82.4 cm³/mol. The summed E-state index contributed by atoms with van der Waals surface area (Å²) in [6.45, 7) is 8.13. The normalized spacial score (nSPS) is 21.4. The maximum Gasteiger partial charge on any atom is 0.270 e. The molecule has 6 nitrogen and oxygen atoms in total. The van der Waals surface area contributed by atoms with E-state index in [1.165, 1.54) is 0 Å². The molecular formula is C16H22N2O4. The van der Waals surface area contributed by atoms with Crippen molar-refractivity contribution in [2.24, 2.45) is 0 Å². The van der Waals surface area contributed by atoms with Crippen molar-refractivity contribution in [2.45, 2.75) is 19.4 Å². The third-order valence-corrected chi connectivity index (χ3v) is 4.10. The van der Waals surface area contributed by atoms with E-state index in [0.29, 0.717) is 18.0 Å². The monoisotopic (exact) mass is 306 g/mol. The van der Waals surface area contributed by atoms with Gasteiger partial charge < -0.3 is 19.5 Å². The molecule has 0 aromatic heterocycles. The van der Waals surface area contributed by atoms with E-state index < -0.39 is 5.60 Å². The van der Waals surface area contributed by atoms with E-state index in [0.717, 1.165) is 32.8 Å². The van der Waals surface area contributed by atoms with E-state index in [2.05, 4.69) is 4.90 Å². The Morgan fingerprint density at radius 3 is 2.68 bits per heavy atom. The molecule has 1 aromatic rings. The van der Waals surface area contributed by atoms with Gasteiger partial charge in [0.05, 0.1) is 18.9 Å². The van der Waals surface area contributed by atoms with Crippen molar-refractivity contribution >= 4 is 11.6 Å². The molecule has 1 saturated heterocycles. The van der Waals surface area contributed by atoms with Gasteiger partial charge in [-0.25, -0.2) is 0 Å². The zero-order chi connectivity index (χ0) is 15.7. The van der Waals surface area contributed by atoms with Crippen LogP contribution >= 0.6 is 0 Å². The first-order valence-corrected chi connectivity index (χ1v) is 7.61. The molecule has 6 heteroatoms. The summed E-state index contributed by atoms with van der Waals surface area (Å²) in [7, 11) is 0. The first-order chi connectivity index (χ1) is 10.5. The number of carbonyl (C=O) groups excluding carboxylic acids is 1. The number of rotatable bonds is 3. The van der Waals surface area contributed by atoms with Crippen LogP contribution in [0.4, 0.5) is 5.69 Å². The van der Waals surface area contributed by atoms with Crippen LogP contribution in [0.15, 0.2) is 18.2 Å². The largest absolute Gasteiger partial charge is 0.508 e. The Morgan fingerprint density at radius 2 is 1.95 bits per heavy atom. The highest BCUT2D eigenvalue weighted by Gasteiger charge is 2.41. The molecule has 1 aromatic carbocycles. The van der Waals surface area contributed by atoms with Crippen molar-refractivity contribution in [3.8, 4) is 11.5 Å². The van der Waals surface area contributed by atoms with Gasteiger partial charge in [-0.15, -0.1) is 0 Å². The van der Waals surface area contributed by atoms with E-state index in [1.807, 2.05) is 0 Å². The summed E-state index contributed by atoms with van der Waals surface area (Å²) in [4.78, 5) is 16.7. The van der Waals surface area contributed by atoms with Crippen LogP contribution in [0.2, 0.25) is 0 Å². The third-order valence-electron chi connectivity index (χ3n) is 4.10. The Bertz CT molecular complexity index is 567. The van der Waals surface area contributed by atoms with Crippen LogP contribution in [0.3, 0.4) is 0 Å². The molecule has 0 aliphatic carbocycles. The highest BCUT2D eigenvalue weighted by atomic mass is 16.5. The number of benzene rings is 1. The molecule has 120 valence electrons. The van der Waals surface area contributed by atoms with Gasteiger partial charge in [0.1, 0.15) is 11.5 Å². The molecule has 1 N–H and O–H groups in total. The lowest BCUT2D eigenvalue weighted by molar-refractivity contribution is -0.132. The van der Waals surface area contributed by atoms with Gasteiger partial charge in [-0.05, 0) is 26.0 Å². The second-order valence-electron chi connectivity index (χ2n) is 6.18. The van der Waals surface area contributed by atoms with Gasteiger partial charge in [-0.3, -0.25) is 9.69 Å². The fourth-order valence-corrected chi connectivity index (χ4v) is 2.84. The average molecular weight is 306 g/mol. The molecule has 2 heterocycles. The van der Waals surface area contributed by atoms with Crippen LogP contribution in [0.25, 0.3) is 0 Å². The van der Waals surface area contributed by atoms with E-state index in [9.17, 15) is 9.90 Å². The summed E-state index contributed by atoms with van der Waals surface area (Å²) in [6, 6.07) is 4.87. The highest BCUT2D eigenvalue weighted by molar-refractivity contribution is 6.02. The smallest absolute Gasteiger partial charge is 0.270 e. The number of nitrogens with zero attached hydrogens (tertiary/aromatic N) is 2. The second-order valence-corrected chi connectivity index (χ2v) is 6.18. The fraction of sp³-hybridized carbons (Fsp3) is 0.562. The number of hydrogen-bond acceptors (Lipinski definition) is 5. The molecule has 0 unspecified atom stereocenters. The Hall–Kier alpha value is -1.79. The number of amides is 1. The van der Waals surface area contributed by atoms with Gasteiger partial charge in [0, 0.05) is 32.2 Å². The number of phenols is 1. The summed E-state index contributed by atoms with van der Waals surface area (Å²) in [6.07, 6.45) is 0. The van der Waals surface area contributed by atoms with E-state index in [1.54, 1.807) is 36.9 Å². The van der Waals surface area contributed by atoms with Crippen LogP contribution < -0.4 is 9.64 Å². The molecule has 0 spiro atoms. The standard InChI is InChI=1S/C16H22N2O4/c1-16(2)15(20)18(6-5-17-7-9-21-10-8-17)13-11-12(19)3-4-14(13)22-16/h3-4,11,19H,5-10H2,1-2H3. The van der Waals surface area contributed by atoms with Crippen molar-refractivity contribution in [3.63, 3.8) is 0 Å². The number of aromatic hydroxyl groups is 1. The van der Waals surface area contributed by atoms with Gasteiger partial charge in [0.15, 0.2) is 5.60 Å². The number of phenolic OH excluding ortho intramolecular Hbond substituents is 1. The number of fused-ring (bicyclic) bond motifs is 1. The number of carbonyl (C=O) groups is 1. The van der Waals surface area contributed by atoms with Crippen molar-refractivity contribution in [1.82, 2.24) is 4.90 Å². The Kier molecular flexibility index (Phi) is 3.97. The summed E-state index contributed by atoms with van der Waals surface area (Å²) in [5.74, 6) is 0.675. The maximum absolute atomic E-state index is 12.7. The summed E-state index contributed by atoms with van der Waals surface area (Å²) in [5, 5.41) is 9.72. The molecular weight excluding hydrogens is 284 g/mol. The van der Waals surface area contributed by atoms with Crippen LogP contribution in [0, 0.1) is 0 Å². The van der Waals surface area contributed by atoms with Crippen LogP contribution in [-0.2, 0) is 9.53 Å². The predicted octanol–water partition coefficient (Wildman–Crippen LogP) is 1.23. The lowest BCUT2D eigenvalue weighted by Gasteiger charge is -2.39. The SMILES string of the molecule is CC1(C)Oc2ccc(O)cc2N(CCN2CCOCC2)C1=O. The lowest BCUT2D eigenvalue weighted by atomic mass is 10.0. The van der Waals surface area contributed by atoms with Gasteiger partial charge in [0.25, 0.3) is 5.91 Å². The first-order valence-electron chi connectivity index (χ1n) is 7.61. The average Bonchev–Trinajstić information content (AvgIpc) is 2.49. The minimum atomic E-state index is -0.894. The second kappa shape index (κ2) is 5.78. The van der Waals surface area contributed by atoms with Gasteiger partial charge in [-0.1, -0.05) is 0 Å². The molecule has 0 radical (unpaired) electrons. The number of anilines is 1. The zero-order valence-corrected chi connectivity index (χ0v) is 13.0. The minimum absolute atomic E-state index is 0.0844. The van der Waals surface area contributed by atoms with E-state index in [4.69, 9.17) is 9.47 Å². The van der Waals surface area contributed by atoms with Crippen molar-refractivity contribution in [1.29, 1.82) is 0 Å². The summed E-state index contributed by atoms with van der Waals surface area (Å²) < 4.78 is 11.1. The number of morpholine rings is 1. The minimum Gasteiger partial charge on any atom is -0.508 e. The zero-order valence-electron chi connectivity index (χ0n) is 13.0. The molecule has 2 aliphatic heterocycles. The molecule has 3 rings (SSSR count). The molecule has 22 heavy (non-hydrogen) atoms. The lowest BCUT2D eigenvalue weighted by Crippen LogP contribution is -2.54. The number of ether oxygens (including phenoxy) is 2. The maximum atomic E-state index is 12.7. The molecule has 0 bridgehead atoms. The summed E-state index contributed by atoms with van der Waals surface area (Å²) >= 11 is 0.